The first-order chi connectivity index (χ1) is 10.8. The first kappa shape index (κ1) is 12.7. The molecule has 6 heteroatoms. The number of hydrogen-bond acceptors (Lipinski definition) is 3. The Balaban J connectivity index is 1.75. The number of rotatable bonds is 3. The summed E-state index contributed by atoms with van der Waals surface area (Å²) in [5.74, 6) is 0.410. The Morgan fingerprint density at radius 2 is 1.82 bits per heavy atom. The van der Waals surface area contributed by atoms with E-state index in [1.807, 2.05) is 24.3 Å². The molecular formula is C16H12FN5. The zero-order valence-corrected chi connectivity index (χ0v) is 11.6. The van der Waals surface area contributed by atoms with E-state index in [2.05, 4.69) is 20.5 Å². The summed E-state index contributed by atoms with van der Waals surface area (Å²) in [5.41, 5.74) is 2.70. The Hall–Kier alpha value is -3.02. The minimum atomic E-state index is -0.248. The highest BCUT2D eigenvalue weighted by atomic mass is 19.1. The van der Waals surface area contributed by atoms with Gasteiger partial charge >= 0.3 is 0 Å². The Bertz CT molecular complexity index is 923. The molecule has 0 saturated carbocycles. The SMILES string of the molecule is Fc1ccc(Cc2n[nH]nc2-n2ncc3ccccc32)cc1. The van der Waals surface area contributed by atoms with Crippen LogP contribution in [-0.4, -0.2) is 25.2 Å². The first-order valence-electron chi connectivity index (χ1n) is 6.88. The number of fused-ring (bicyclic) bond motifs is 1. The third-order valence-electron chi connectivity index (χ3n) is 3.56. The van der Waals surface area contributed by atoms with Gasteiger partial charge < -0.3 is 0 Å². The zero-order chi connectivity index (χ0) is 14.9. The van der Waals surface area contributed by atoms with Crippen LogP contribution in [0.5, 0.6) is 0 Å². The van der Waals surface area contributed by atoms with Crippen LogP contribution in [0.1, 0.15) is 11.3 Å². The lowest BCUT2D eigenvalue weighted by Crippen LogP contribution is -2.02. The van der Waals surface area contributed by atoms with Gasteiger partial charge in [0.25, 0.3) is 0 Å². The third-order valence-corrected chi connectivity index (χ3v) is 3.56. The smallest absolute Gasteiger partial charge is 0.199 e. The van der Waals surface area contributed by atoms with Crippen molar-refractivity contribution in [2.24, 2.45) is 0 Å². The summed E-state index contributed by atoms with van der Waals surface area (Å²) in [5, 5.41) is 16.5. The fraction of sp³-hybridized carbons (Fsp3) is 0.0625. The molecule has 2 aromatic heterocycles. The van der Waals surface area contributed by atoms with Crippen molar-refractivity contribution in [3.63, 3.8) is 0 Å². The molecule has 0 aliphatic rings. The molecule has 0 spiro atoms. The van der Waals surface area contributed by atoms with E-state index in [1.54, 1.807) is 23.0 Å². The summed E-state index contributed by atoms with van der Waals surface area (Å²) in [7, 11) is 0. The molecule has 0 amide bonds. The molecule has 0 aliphatic heterocycles. The predicted molar refractivity (Wildman–Crippen MR) is 80.2 cm³/mol. The molecule has 2 heterocycles. The predicted octanol–water partition coefficient (Wildman–Crippen LogP) is 2.87. The molecule has 0 fully saturated rings. The highest BCUT2D eigenvalue weighted by molar-refractivity contribution is 5.79. The van der Waals surface area contributed by atoms with E-state index in [9.17, 15) is 4.39 Å². The average molecular weight is 293 g/mol. The molecule has 0 saturated heterocycles. The quantitative estimate of drug-likeness (QED) is 0.632. The van der Waals surface area contributed by atoms with Crippen LogP contribution in [0, 0.1) is 5.82 Å². The van der Waals surface area contributed by atoms with Crippen molar-refractivity contribution in [2.75, 3.05) is 0 Å². The minimum Gasteiger partial charge on any atom is -0.211 e. The molecule has 4 rings (SSSR count). The van der Waals surface area contributed by atoms with Crippen molar-refractivity contribution in [1.29, 1.82) is 0 Å². The Labute approximate surface area is 125 Å². The number of nitrogens with zero attached hydrogens (tertiary/aromatic N) is 4. The van der Waals surface area contributed by atoms with Crippen LogP contribution in [0.3, 0.4) is 0 Å². The topological polar surface area (TPSA) is 59.4 Å². The summed E-state index contributed by atoms with van der Waals surface area (Å²) in [6, 6.07) is 14.3. The van der Waals surface area contributed by atoms with Gasteiger partial charge in [-0.25, -0.2) is 9.07 Å². The number of aromatic nitrogens is 5. The van der Waals surface area contributed by atoms with E-state index in [4.69, 9.17) is 0 Å². The number of hydrogen-bond donors (Lipinski definition) is 1. The molecule has 0 bridgehead atoms. The van der Waals surface area contributed by atoms with Crippen molar-refractivity contribution in [2.45, 2.75) is 6.42 Å². The van der Waals surface area contributed by atoms with Crippen LogP contribution >= 0.6 is 0 Å². The molecule has 0 aliphatic carbocycles. The van der Waals surface area contributed by atoms with Crippen molar-refractivity contribution in [3.8, 4) is 5.82 Å². The highest BCUT2D eigenvalue weighted by Gasteiger charge is 2.14. The monoisotopic (exact) mass is 293 g/mol. The summed E-state index contributed by atoms with van der Waals surface area (Å²) >= 11 is 0. The second-order valence-corrected chi connectivity index (χ2v) is 5.01. The van der Waals surface area contributed by atoms with Gasteiger partial charge in [-0.15, -0.1) is 5.10 Å². The number of aromatic amines is 1. The Morgan fingerprint density at radius 1 is 1.00 bits per heavy atom. The van der Waals surface area contributed by atoms with Gasteiger partial charge in [0.1, 0.15) is 11.5 Å². The molecule has 5 nitrogen and oxygen atoms in total. The van der Waals surface area contributed by atoms with Gasteiger partial charge in [0.15, 0.2) is 5.82 Å². The minimum absolute atomic E-state index is 0.248. The summed E-state index contributed by atoms with van der Waals surface area (Å²) in [4.78, 5) is 0. The van der Waals surface area contributed by atoms with Crippen molar-refractivity contribution >= 4 is 10.9 Å². The van der Waals surface area contributed by atoms with E-state index in [0.29, 0.717) is 12.2 Å². The molecule has 1 N–H and O–H groups in total. The lowest BCUT2D eigenvalue weighted by molar-refractivity contribution is 0.627. The number of nitrogens with one attached hydrogen (secondary N) is 1. The van der Waals surface area contributed by atoms with Crippen LogP contribution in [0.15, 0.2) is 54.7 Å². The van der Waals surface area contributed by atoms with Crippen LogP contribution in [0.25, 0.3) is 16.7 Å². The van der Waals surface area contributed by atoms with Gasteiger partial charge in [-0.3, -0.25) is 0 Å². The van der Waals surface area contributed by atoms with Gasteiger partial charge in [0.05, 0.1) is 11.7 Å². The number of H-pyrrole nitrogens is 1. The van der Waals surface area contributed by atoms with E-state index in [-0.39, 0.29) is 5.82 Å². The van der Waals surface area contributed by atoms with Crippen molar-refractivity contribution in [3.05, 3.63) is 71.8 Å². The number of para-hydroxylation sites is 1. The maximum atomic E-state index is 13.0. The molecule has 0 radical (unpaired) electrons. The maximum absolute atomic E-state index is 13.0. The maximum Gasteiger partial charge on any atom is 0.199 e. The van der Waals surface area contributed by atoms with Gasteiger partial charge in [-0.05, 0) is 23.8 Å². The third kappa shape index (κ3) is 2.14. The molecule has 0 atom stereocenters. The van der Waals surface area contributed by atoms with Gasteiger partial charge in [0, 0.05) is 11.8 Å². The fourth-order valence-corrected chi connectivity index (χ4v) is 2.47. The fourth-order valence-electron chi connectivity index (χ4n) is 2.47. The molecule has 108 valence electrons. The number of benzene rings is 2. The second kappa shape index (κ2) is 5.07. The number of halogens is 1. The van der Waals surface area contributed by atoms with E-state index >= 15 is 0 Å². The largest absolute Gasteiger partial charge is 0.211 e. The second-order valence-electron chi connectivity index (χ2n) is 5.01. The first-order valence-corrected chi connectivity index (χ1v) is 6.88. The van der Waals surface area contributed by atoms with E-state index in [1.165, 1.54) is 12.1 Å². The van der Waals surface area contributed by atoms with E-state index < -0.39 is 0 Å². The van der Waals surface area contributed by atoms with E-state index in [0.717, 1.165) is 22.2 Å². The summed E-state index contributed by atoms with van der Waals surface area (Å²) in [6.45, 7) is 0. The van der Waals surface area contributed by atoms with Gasteiger partial charge in [-0.1, -0.05) is 30.3 Å². The summed E-state index contributed by atoms with van der Waals surface area (Å²) < 4.78 is 14.8. The molecular weight excluding hydrogens is 281 g/mol. The van der Waals surface area contributed by atoms with Crippen LogP contribution in [0.4, 0.5) is 4.39 Å². The zero-order valence-electron chi connectivity index (χ0n) is 11.6. The Morgan fingerprint density at radius 3 is 2.68 bits per heavy atom. The summed E-state index contributed by atoms with van der Waals surface area (Å²) in [6.07, 6.45) is 2.35. The van der Waals surface area contributed by atoms with Crippen LogP contribution in [0.2, 0.25) is 0 Å². The van der Waals surface area contributed by atoms with Crippen molar-refractivity contribution < 1.29 is 4.39 Å². The highest BCUT2D eigenvalue weighted by Crippen LogP contribution is 2.19. The molecule has 22 heavy (non-hydrogen) atoms. The van der Waals surface area contributed by atoms with Crippen LogP contribution < -0.4 is 0 Å². The molecule has 2 aromatic carbocycles. The van der Waals surface area contributed by atoms with Crippen LogP contribution in [-0.2, 0) is 6.42 Å². The average Bonchev–Trinajstić information content (AvgIpc) is 3.16. The standard InChI is InChI=1S/C16H12FN5/c17-13-7-5-11(6-8-13)9-14-16(20-21-19-14)22-15-4-2-1-3-12(15)10-18-22/h1-8,10H,9H2,(H,19,20,21). The molecule has 4 aromatic rings. The Kier molecular flexibility index (Phi) is 2.93. The molecule has 0 unspecified atom stereocenters. The van der Waals surface area contributed by atoms with Gasteiger partial charge in [0.2, 0.25) is 0 Å². The van der Waals surface area contributed by atoms with Gasteiger partial charge in [-0.2, -0.15) is 15.4 Å². The normalized spacial score (nSPS) is 11.1. The van der Waals surface area contributed by atoms with Crippen molar-refractivity contribution in [1.82, 2.24) is 25.2 Å². The lowest BCUT2D eigenvalue weighted by Gasteiger charge is -2.03. The lowest BCUT2D eigenvalue weighted by atomic mass is 10.1.